The Labute approximate surface area is 110 Å². The molecular formula is C12H12ClN5. The SMILES string of the molecule is CCn1c(-c2ccncc2)nc2c1N=CN(Cl)C2. The molecule has 6 heteroatoms. The van der Waals surface area contributed by atoms with Gasteiger partial charge >= 0.3 is 0 Å². The van der Waals surface area contributed by atoms with E-state index in [0.29, 0.717) is 6.54 Å². The van der Waals surface area contributed by atoms with E-state index in [9.17, 15) is 0 Å². The molecule has 0 atom stereocenters. The molecule has 0 spiro atoms. The first-order chi connectivity index (χ1) is 8.79. The molecule has 0 aromatic carbocycles. The Bertz CT molecular complexity index is 590. The van der Waals surface area contributed by atoms with Crippen molar-refractivity contribution in [2.75, 3.05) is 0 Å². The van der Waals surface area contributed by atoms with Crippen molar-refractivity contribution in [1.29, 1.82) is 0 Å². The van der Waals surface area contributed by atoms with Crippen molar-refractivity contribution >= 4 is 23.9 Å². The average molecular weight is 262 g/mol. The van der Waals surface area contributed by atoms with Gasteiger partial charge in [-0.05, 0) is 19.1 Å². The zero-order chi connectivity index (χ0) is 12.5. The van der Waals surface area contributed by atoms with Crippen LogP contribution in [-0.4, -0.2) is 25.3 Å². The molecule has 2 aromatic rings. The molecule has 18 heavy (non-hydrogen) atoms. The van der Waals surface area contributed by atoms with E-state index in [0.717, 1.165) is 29.4 Å². The topological polar surface area (TPSA) is 46.3 Å². The van der Waals surface area contributed by atoms with E-state index >= 15 is 0 Å². The molecule has 1 aliphatic heterocycles. The molecule has 5 nitrogen and oxygen atoms in total. The van der Waals surface area contributed by atoms with Crippen LogP contribution in [0.4, 0.5) is 5.82 Å². The molecule has 1 aliphatic rings. The fraction of sp³-hybridized carbons (Fsp3) is 0.250. The van der Waals surface area contributed by atoms with Crippen LogP contribution in [0.25, 0.3) is 11.4 Å². The fourth-order valence-electron chi connectivity index (χ4n) is 2.07. The van der Waals surface area contributed by atoms with Crippen molar-refractivity contribution in [3.8, 4) is 11.4 Å². The van der Waals surface area contributed by atoms with Crippen molar-refractivity contribution in [2.45, 2.75) is 20.0 Å². The van der Waals surface area contributed by atoms with Gasteiger partial charge in [-0.15, -0.1) is 0 Å². The van der Waals surface area contributed by atoms with E-state index in [4.69, 9.17) is 11.8 Å². The minimum atomic E-state index is 0.575. The van der Waals surface area contributed by atoms with Crippen LogP contribution in [0.1, 0.15) is 12.6 Å². The summed E-state index contributed by atoms with van der Waals surface area (Å²) in [6, 6.07) is 3.89. The highest BCUT2D eigenvalue weighted by molar-refractivity contribution is 6.19. The van der Waals surface area contributed by atoms with E-state index < -0.39 is 0 Å². The van der Waals surface area contributed by atoms with Crippen molar-refractivity contribution in [2.24, 2.45) is 4.99 Å². The first-order valence-corrected chi connectivity index (χ1v) is 6.10. The van der Waals surface area contributed by atoms with Gasteiger partial charge in [0.1, 0.15) is 17.9 Å². The Morgan fingerprint density at radius 2 is 2.11 bits per heavy atom. The summed E-state index contributed by atoms with van der Waals surface area (Å²) in [6.45, 7) is 3.47. The van der Waals surface area contributed by atoms with E-state index in [2.05, 4.69) is 26.5 Å². The maximum atomic E-state index is 5.92. The van der Waals surface area contributed by atoms with Crippen LogP contribution >= 0.6 is 11.8 Å². The second kappa shape index (κ2) is 4.42. The van der Waals surface area contributed by atoms with Crippen LogP contribution in [0.5, 0.6) is 0 Å². The molecule has 3 heterocycles. The third-order valence-electron chi connectivity index (χ3n) is 2.87. The lowest BCUT2D eigenvalue weighted by atomic mass is 10.2. The van der Waals surface area contributed by atoms with Gasteiger partial charge < -0.3 is 4.57 Å². The van der Waals surface area contributed by atoms with E-state index in [1.165, 1.54) is 4.42 Å². The maximum Gasteiger partial charge on any atom is 0.159 e. The number of fused-ring (bicyclic) bond motifs is 1. The third-order valence-corrected chi connectivity index (χ3v) is 3.08. The molecule has 0 saturated carbocycles. The van der Waals surface area contributed by atoms with Gasteiger partial charge in [-0.25, -0.2) is 9.98 Å². The standard InChI is InChI=1S/C12H12ClN5/c1-2-18-11(9-3-5-14-6-4-9)16-10-7-17(13)8-15-12(10)18/h3-6,8H,2,7H2,1H3. The maximum absolute atomic E-state index is 5.92. The smallest absolute Gasteiger partial charge is 0.159 e. The van der Waals surface area contributed by atoms with Crippen LogP contribution in [-0.2, 0) is 13.1 Å². The molecule has 0 aliphatic carbocycles. The molecule has 0 radical (unpaired) electrons. The Morgan fingerprint density at radius 1 is 1.33 bits per heavy atom. The lowest BCUT2D eigenvalue weighted by Crippen LogP contribution is -2.13. The first kappa shape index (κ1) is 11.2. The number of imidazole rings is 1. The summed E-state index contributed by atoms with van der Waals surface area (Å²) in [7, 11) is 0. The zero-order valence-electron chi connectivity index (χ0n) is 9.91. The quantitative estimate of drug-likeness (QED) is 0.781. The molecule has 0 N–H and O–H groups in total. The van der Waals surface area contributed by atoms with Gasteiger partial charge in [0.25, 0.3) is 0 Å². The summed E-state index contributed by atoms with van der Waals surface area (Å²) >= 11 is 5.92. The monoisotopic (exact) mass is 261 g/mol. The number of rotatable bonds is 2. The van der Waals surface area contributed by atoms with Crippen LogP contribution in [0.15, 0.2) is 29.5 Å². The van der Waals surface area contributed by atoms with Crippen LogP contribution in [0, 0.1) is 0 Å². The van der Waals surface area contributed by atoms with Crippen molar-refractivity contribution in [3.05, 3.63) is 30.2 Å². The summed E-state index contributed by atoms with van der Waals surface area (Å²) in [6.07, 6.45) is 5.15. The summed E-state index contributed by atoms with van der Waals surface area (Å²) < 4.78 is 3.59. The van der Waals surface area contributed by atoms with Crippen molar-refractivity contribution in [1.82, 2.24) is 19.0 Å². The van der Waals surface area contributed by atoms with Gasteiger partial charge in [0, 0.05) is 36.3 Å². The van der Waals surface area contributed by atoms with Crippen LogP contribution in [0.2, 0.25) is 0 Å². The molecule has 0 unspecified atom stereocenters. The number of hydrogen-bond acceptors (Lipinski definition) is 4. The summed E-state index contributed by atoms with van der Waals surface area (Å²) in [5.74, 6) is 1.80. The zero-order valence-corrected chi connectivity index (χ0v) is 10.7. The van der Waals surface area contributed by atoms with E-state index in [1.54, 1.807) is 18.7 Å². The molecular weight excluding hydrogens is 250 g/mol. The lowest BCUT2D eigenvalue weighted by molar-refractivity contribution is 0.642. The Hall–Kier alpha value is -1.88. The second-order valence-corrected chi connectivity index (χ2v) is 4.42. The molecule has 0 fully saturated rings. The number of halogens is 1. The van der Waals surface area contributed by atoms with Gasteiger partial charge in [0.15, 0.2) is 5.82 Å². The average Bonchev–Trinajstić information content (AvgIpc) is 2.77. The fourth-order valence-corrected chi connectivity index (χ4v) is 2.22. The predicted molar refractivity (Wildman–Crippen MR) is 70.7 cm³/mol. The molecule has 0 amide bonds. The Kier molecular flexibility index (Phi) is 2.76. The molecule has 0 bridgehead atoms. The Balaban J connectivity index is 2.15. The normalized spacial score (nSPS) is 13.8. The lowest BCUT2D eigenvalue weighted by Gasteiger charge is -2.13. The number of aliphatic imine (C=N–C) groups is 1. The molecule has 3 rings (SSSR count). The van der Waals surface area contributed by atoms with Gasteiger partial charge in [0.2, 0.25) is 0 Å². The van der Waals surface area contributed by atoms with Gasteiger partial charge in [0.05, 0.1) is 6.54 Å². The highest BCUT2D eigenvalue weighted by atomic mass is 35.5. The summed E-state index contributed by atoms with van der Waals surface area (Å²) in [5, 5.41) is 0. The van der Waals surface area contributed by atoms with Crippen molar-refractivity contribution in [3.63, 3.8) is 0 Å². The molecule has 0 saturated heterocycles. The van der Waals surface area contributed by atoms with Crippen molar-refractivity contribution < 1.29 is 0 Å². The van der Waals surface area contributed by atoms with E-state index in [1.807, 2.05) is 12.1 Å². The number of pyridine rings is 1. The minimum absolute atomic E-state index is 0.575. The number of nitrogens with zero attached hydrogens (tertiary/aromatic N) is 5. The second-order valence-electron chi connectivity index (χ2n) is 3.99. The summed E-state index contributed by atoms with van der Waals surface area (Å²) in [4.78, 5) is 13.0. The van der Waals surface area contributed by atoms with Gasteiger partial charge in [-0.2, -0.15) is 0 Å². The Morgan fingerprint density at radius 3 is 2.83 bits per heavy atom. The third kappa shape index (κ3) is 1.76. The van der Waals surface area contributed by atoms with Crippen LogP contribution < -0.4 is 0 Å². The highest BCUT2D eigenvalue weighted by Crippen LogP contribution is 2.30. The van der Waals surface area contributed by atoms with Gasteiger partial charge in [-0.1, -0.05) is 0 Å². The minimum Gasteiger partial charge on any atom is -0.309 e. The molecule has 2 aromatic heterocycles. The first-order valence-electron chi connectivity index (χ1n) is 5.76. The largest absolute Gasteiger partial charge is 0.309 e. The van der Waals surface area contributed by atoms with Gasteiger partial charge in [-0.3, -0.25) is 9.40 Å². The number of hydrogen-bond donors (Lipinski definition) is 0. The van der Waals surface area contributed by atoms with Crippen LogP contribution in [0.3, 0.4) is 0 Å². The highest BCUT2D eigenvalue weighted by Gasteiger charge is 2.20. The van der Waals surface area contributed by atoms with E-state index in [-0.39, 0.29) is 0 Å². The number of aromatic nitrogens is 3. The summed E-state index contributed by atoms with van der Waals surface area (Å²) in [5.41, 5.74) is 1.94. The predicted octanol–water partition coefficient (Wildman–Crippen LogP) is 2.59. The molecule has 92 valence electrons.